The molecule has 0 amide bonds. The molecular formula is C55H32N4O2. The molecule has 0 spiro atoms. The second-order valence-corrected chi connectivity index (χ2v) is 15.5. The summed E-state index contributed by atoms with van der Waals surface area (Å²) in [6, 6.07) is 67.2. The van der Waals surface area contributed by atoms with Gasteiger partial charge in [-0.25, -0.2) is 15.0 Å². The number of hydrogen-bond acceptors (Lipinski definition) is 5. The molecular weight excluding hydrogens is 749 g/mol. The van der Waals surface area contributed by atoms with Crippen molar-refractivity contribution in [3.8, 4) is 51.0 Å². The zero-order valence-corrected chi connectivity index (χ0v) is 32.6. The Bertz CT molecular complexity index is 3860. The molecule has 0 N–H and O–H groups in total. The number of para-hydroxylation sites is 3. The monoisotopic (exact) mass is 780 g/mol. The zero-order chi connectivity index (χ0) is 40.0. The Morgan fingerprint density at radius 1 is 0.328 bits per heavy atom. The molecule has 9 aromatic carbocycles. The maximum atomic E-state index is 6.86. The van der Waals surface area contributed by atoms with Gasteiger partial charge in [-0.15, -0.1) is 0 Å². The van der Waals surface area contributed by atoms with E-state index in [-0.39, 0.29) is 0 Å². The summed E-state index contributed by atoms with van der Waals surface area (Å²) in [6.07, 6.45) is 0. The number of aromatic nitrogens is 4. The van der Waals surface area contributed by atoms with Crippen molar-refractivity contribution in [1.82, 2.24) is 19.5 Å². The molecule has 61 heavy (non-hydrogen) atoms. The third kappa shape index (κ3) is 5.12. The molecule has 6 nitrogen and oxygen atoms in total. The largest absolute Gasteiger partial charge is 0.456 e. The van der Waals surface area contributed by atoms with Crippen molar-refractivity contribution >= 4 is 76.5 Å². The predicted octanol–water partition coefficient (Wildman–Crippen LogP) is 14.6. The van der Waals surface area contributed by atoms with E-state index >= 15 is 0 Å². The molecule has 0 bridgehead atoms. The van der Waals surface area contributed by atoms with Crippen LogP contribution >= 0.6 is 0 Å². The van der Waals surface area contributed by atoms with Crippen LogP contribution in [-0.4, -0.2) is 19.5 Å². The molecule has 0 aliphatic carbocycles. The lowest BCUT2D eigenvalue weighted by Gasteiger charge is -2.15. The van der Waals surface area contributed by atoms with Crippen LogP contribution in [0, 0.1) is 0 Å². The van der Waals surface area contributed by atoms with Crippen LogP contribution in [0.4, 0.5) is 0 Å². The van der Waals surface area contributed by atoms with E-state index in [1.165, 1.54) is 0 Å². The molecule has 13 aromatic rings. The summed E-state index contributed by atoms with van der Waals surface area (Å²) in [5.74, 6) is 1.76. The second kappa shape index (κ2) is 13.1. The summed E-state index contributed by atoms with van der Waals surface area (Å²) in [5, 5.41) is 8.53. The van der Waals surface area contributed by atoms with E-state index in [0.717, 1.165) is 110 Å². The van der Waals surface area contributed by atoms with Gasteiger partial charge in [-0.3, -0.25) is 0 Å². The number of rotatable bonds is 5. The first-order valence-corrected chi connectivity index (χ1v) is 20.4. The molecule has 0 aliphatic heterocycles. The summed E-state index contributed by atoms with van der Waals surface area (Å²) in [6.45, 7) is 0. The lowest BCUT2D eigenvalue weighted by atomic mass is 9.98. The highest BCUT2D eigenvalue weighted by Crippen LogP contribution is 2.46. The SMILES string of the molecule is c1ccc(-c2ccc(-c3nc(-c4ccccc4)nc(-c4cccc5c(-n6c7ccccc7c7c8c(ccc76)oc6ccccc68)cc6c7ccccc7oc6c45)n3)cc2)cc1. The Morgan fingerprint density at radius 2 is 0.902 bits per heavy atom. The average molecular weight is 781 g/mol. The molecule has 6 heteroatoms. The Labute approximate surface area is 348 Å². The van der Waals surface area contributed by atoms with E-state index in [0.29, 0.717) is 17.5 Å². The van der Waals surface area contributed by atoms with Crippen LogP contribution in [0.2, 0.25) is 0 Å². The van der Waals surface area contributed by atoms with Gasteiger partial charge in [0, 0.05) is 59.8 Å². The summed E-state index contributed by atoms with van der Waals surface area (Å²) in [5.41, 5.74) is 11.5. The molecule has 284 valence electrons. The quantitative estimate of drug-likeness (QED) is 0.174. The van der Waals surface area contributed by atoms with Crippen molar-refractivity contribution in [1.29, 1.82) is 0 Å². The lowest BCUT2D eigenvalue weighted by molar-refractivity contribution is 0.669. The van der Waals surface area contributed by atoms with Gasteiger partial charge in [-0.05, 0) is 47.5 Å². The lowest BCUT2D eigenvalue weighted by Crippen LogP contribution is -2.01. The standard InChI is InChI=1S/C55H32N4O2/c1-3-14-33(15-4-1)34-26-28-36(29-27-34)54-56-53(35-16-5-2-6-17-35)57-55(58-54)41-22-13-21-39-45(32-42-37-18-8-11-24-46(37)61-52(42)49(39)41)59-43-23-10-7-19-38(43)50-44(59)30-31-48-51(50)40-20-9-12-25-47(40)60-48/h1-32H. The van der Waals surface area contributed by atoms with Gasteiger partial charge in [0.15, 0.2) is 17.5 Å². The molecule has 0 radical (unpaired) electrons. The van der Waals surface area contributed by atoms with Gasteiger partial charge in [0.05, 0.1) is 16.7 Å². The molecule has 4 aromatic heterocycles. The minimum Gasteiger partial charge on any atom is -0.456 e. The first-order valence-electron chi connectivity index (χ1n) is 20.4. The number of nitrogens with zero attached hydrogens (tertiary/aromatic N) is 4. The van der Waals surface area contributed by atoms with Gasteiger partial charge < -0.3 is 13.4 Å². The number of furan rings is 2. The molecule has 0 unspecified atom stereocenters. The van der Waals surface area contributed by atoms with Gasteiger partial charge in [-0.2, -0.15) is 0 Å². The first-order chi connectivity index (χ1) is 30.2. The fourth-order valence-electron chi connectivity index (χ4n) is 9.31. The third-order valence-corrected chi connectivity index (χ3v) is 12.1. The summed E-state index contributed by atoms with van der Waals surface area (Å²) < 4.78 is 15.7. The number of fused-ring (bicyclic) bond motifs is 12. The van der Waals surface area contributed by atoms with Crippen LogP contribution in [0.3, 0.4) is 0 Å². The maximum absolute atomic E-state index is 6.86. The summed E-state index contributed by atoms with van der Waals surface area (Å²) in [7, 11) is 0. The minimum absolute atomic E-state index is 0.564. The fourth-order valence-corrected chi connectivity index (χ4v) is 9.31. The Kier molecular flexibility index (Phi) is 7.21. The third-order valence-electron chi connectivity index (χ3n) is 12.1. The highest BCUT2D eigenvalue weighted by Gasteiger charge is 2.24. The summed E-state index contributed by atoms with van der Waals surface area (Å²) >= 11 is 0. The average Bonchev–Trinajstić information content (AvgIpc) is 4.01. The highest BCUT2D eigenvalue weighted by atomic mass is 16.3. The molecule has 0 atom stereocenters. The van der Waals surface area contributed by atoms with Crippen molar-refractivity contribution in [2.45, 2.75) is 0 Å². The molecule has 0 saturated carbocycles. The van der Waals surface area contributed by atoms with E-state index < -0.39 is 0 Å². The Hall–Kier alpha value is -8.35. The minimum atomic E-state index is 0.564. The highest BCUT2D eigenvalue weighted by molar-refractivity contribution is 6.28. The topological polar surface area (TPSA) is 69.9 Å². The normalized spacial score (nSPS) is 11.9. The molecule has 0 fully saturated rings. The number of hydrogen-bond donors (Lipinski definition) is 0. The Morgan fingerprint density at radius 3 is 1.67 bits per heavy atom. The van der Waals surface area contributed by atoms with E-state index in [2.05, 4.69) is 138 Å². The van der Waals surface area contributed by atoms with Crippen molar-refractivity contribution < 1.29 is 8.83 Å². The molecule has 0 saturated heterocycles. The molecule has 13 rings (SSSR count). The fraction of sp³-hybridized carbons (Fsp3) is 0. The van der Waals surface area contributed by atoms with Crippen LogP contribution in [0.5, 0.6) is 0 Å². The van der Waals surface area contributed by atoms with E-state index in [9.17, 15) is 0 Å². The van der Waals surface area contributed by atoms with Crippen LogP contribution in [0.15, 0.2) is 203 Å². The van der Waals surface area contributed by atoms with Crippen LogP contribution in [0.1, 0.15) is 0 Å². The van der Waals surface area contributed by atoms with Crippen molar-refractivity contribution in [2.24, 2.45) is 0 Å². The number of benzene rings is 9. The van der Waals surface area contributed by atoms with Gasteiger partial charge in [-0.1, -0.05) is 158 Å². The van der Waals surface area contributed by atoms with Crippen molar-refractivity contribution in [3.63, 3.8) is 0 Å². The van der Waals surface area contributed by atoms with Crippen molar-refractivity contribution in [3.05, 3.63) is 194 Å². The van der Waals surface area contributed by atoms with E-state index in [1.807, 2.05) is 60.7 Å². The van der Waals surface area contributed by atoms with Crippen LogP contribution in [0.25, 0.3) is 127 Å². The Balaban J connectivity index is 1.12. The predicted molar refractivity (Wildman–Crippen MR) is 248 cm³/mol. The molecule has 0 aliphatic rings. The van der Waals surface area contributed by atoms with E-state index in [1.54, 1.807) is 0 Å². The van der Waals surface area contributed by atoms with Gasteiger partial charge >= 0.3 is 0 Å². The molecule has 4 heterocycles. The second-order valence-electron chi connectivity index (χ2n) is 15.5. The van der Waals surface area contributed by atoms with Gasteiger partial charge in [0.25, 0.3) is 0 Å². The van der Waals surface area contributed by atoms with Gasteiger partial charge in [0.1, 0.15) is 22.3 Å². The summed E-state index contributed by atoms with van der Waals surface area (Å²) in [4.78, 5) is 15.6. The first kappa shape index (κ1) is 33.6. The zero-order valence-electron chi connectivity index (χ0n) is 32.6. The van der Waals surface area contributed by atoms with Crippen molar-refractivity contribution in [2.75, 3.05) is 0 Å². The van der Waals surface area contributed by atoms with Crippen LogP contribution in [-0.2, 0) is 0 Å². The van der Waals surface area contributed by atoms with Crippen LogP contribution < -0.4 is 0 Å². The smallest absolute Gasteiger partial charge is 0.164 e. The maximum Gasteiger partial charge on any atom is 0.164 e. The van der Waals surface area contributed by atoms with Gasteiger partial charge in [0.2, 0.25) is 0 Å². The van der Waals surface area contributed by atoms with E-state index in [4.69, 9.17) is 23.8 Å².